The van der Waals surface area contributed by atoms with Gasteiger partial charge in [0.05, 0.1) is 0 Å². The first-order valence-corrected chi connectivity index (χ1v) is 6.91. The molecule has 1 aliphatic carbocycles. The molecule has 0 aromatic heterocycles. The van der Waals surface area contributed by atoms with Crippen LogP contribution in [0.2, 0.25) is 0 Å². The van der Waals surface area contributed by atoms with Gasteiger partial charge in [0.2, 0.25) is 5.91 Å². The SMILES string of the molecule is CCN(CC)C(=O)CC(CN)N(CC)C1CC1. The van der Waals surface area contributed by atoms with Crippen molar-refractivity contribution in [2.24, 2.45) is 5.73 Å². The molecule has 1 aliphatic rings. The Morgan fingerprint density at radius 1 is 1.24 bits per heavy atom. The number of carbonyl (C=O) groups excluding carboxylic acids is 1. The zero-order chi connectivity index (χ0) is 12.8. The summed E-state index contributed by atoms with van der Waals surface area (Å²) in [6.45, 7) is 9.37. The lowest BCUT2D eigenvalue weighted by atomic mass is 10.1. The van der Waals surface area contributed by atoms with Crippen molar-refractivity contribution in [2.75, 3.05) is 26.2 Å². The van der Waals surface area contributed by atoms with Gasteiger partial charge in [0.15, 0.2) is 0 Å². The van der Waals surface area contributed by atoms with Gasteiger partial charge in [0.25, 0.3) is 0 Å². The molecular weight excluding hydrogens is 214 g/mol. The molecule has 4 heteroatoms. The van der Waals surface area contributed by atoms with Crippen LogP contribution in [0.4, 0.5) is 0 Å². The van der Waals surface area contributed by atoms with Crippen LogP contribution in [0.3, 0.4) is 0 Å². The second-order valence-electron chi connectivity index (χ2n) is 4.72. The van der Waals surface area contributed by atoms with Crippen molar-refractivity contribution in [3.63, 3.8) is 0 Å². The van der Waals surface area contributed by atoms with Crippen LogP contribution in [0.15, 0.2) is 0 Å². The first-order chi connectivity index (χ1) is 8.17. The molecule has 4 nitrogen and oxygen atoms in total. The summed E-state index contributed by atoms with van der Waals surface area (Å²) in [7, 11) is 0. The van der Waals surface area contributed by atoms with E-state index >= 15 is 0 Å². The van der Waals surface area contributed by atoms with Gasteiger partial charge in [-0.3, -0.25) is 9.69 Å². The summed E-state index contributed by atoms with van der Waals surface area (Å²) in [4.78, 5) is 16.4. The molecule has 0 bridgehead atoms. The highest BCUT2D eigenvalue weighted by atomic mass is 16.2. The second kappa shape index (κ2) is 6.97. The van der Waals surface area contributed by atoms with E-state index in [4.69, 9.17) is 5.73 Å². The smallest absolute Gasteiger partial charge is 0.224 e. The topological polar surface area (TPSA) is 49.6 Å². The average Bonchev–Trinajstić information content (AvgIpc) is 3.14. The number of hydrogen-bond donors (Lipinski definition) is 1. The van der Waals surface area contributed by atoms with Gasteiger partial charge in [-0.25, -0.2) is 0 Å². The second-order valence-corrected chi connectivity index (χ2v) is 4.72. The Bertz CT molecular complexity index is 237. The summed E-state index contributed by atoms with van der Waals surface area (Å²) in [5, 5.41) is 0. The van der Waals surface area contributed by atoms with E-state index in [0.29, 0.717) is 19.0 Å². The Balaban J connectivity index is 2.52. The molecule has 2 N–H and O–H groups in total. The third kappa shape index (κ3) is 3.96. The van der Waals surface area contributed by atoms with E-state index in [1.165, 1.54) is 12.8 Å². The molecule has 1 unspecified atom stereocenters. The van der Waals surface area contributed by atoms with Crippen molar-refractivity contribution < 1.29 is 4.79 Å². The molecule has 1 fully saturated rings. The Kier molecular flexibility index (Phi) is 5.92. The summed E-state index contributed by atoms with van der Waals surface area (Å²) >= 11 is 0. The predicted octanol–water partition coefficient (Wildman–Crippen LogP) is 1.06. The van der Waals surface area contributed by atoms with Crippen LogP contribution in [0, 0.1) is 0 Å². The van der Waals surface area contributed by atoms with Gasteiger partial charge in [-0.2, -0.15) is 0 Å². The molecule has 0 aromatic carbocycles. The first-order valence-electron chi connectivity index (χ1n) is 6.91. The minimum atomic E-state index is 0.223. The number of likely N-dealkylation sites (N-methyl/N-ethyl adjacent to an activating group) is 1. The summed E-state index contributed by atoms with van der Waals surface area (Å²) in [5.41, 5.74) is 5.83. The van der Waals surface area contributed by atoms with Crippen molar-refractivity contribution in [3.05, 3.63) is 0 Å². The minimum absolute atomic E-state index is 0.223. The molecular formula is C13H27N3O. The number of nitrogens with two attached hydrogens (primary N) is 1. The van der Waals surface area contributed by atoms with E-state index in [2.05, 4.69) is 11.8 Å². The first kappa shape index (κ1) is 14.5. The van der Waals surface area contributed by atoms with Crippen LogP contribution in [0.1, 0.15) is 40.0 Å². The number of rotatable bonds is 8. The largest absolute Gasteiger partial charge is 0.343 e. The van der Waals surface area contributed by atoms with Crippen LogP contribution in [-0.2, 0) is 4.79 Å². The average molecular weight is 241 g/mol. The molecule has 1 rings (SSSR count). The summed E-state index contributed by atoms with van der Waals surface area (Å²) in [5.74, 6) is 0.240. The molecule has 0 aromatic rings. The van der Waals surface area contributed by atoms with Gasteiger partial charge in [-0.05, 0) is 33.2 Å². The zero-order valence-electron chi connectivity index (χ0n) is 11.5. The van der Waals surface area contributed by atoms with Crippen molar-refractivity contribution in [1.82, 2.24) is 9.80 Å². The third-order valence-corrected chi connectivity index (χ3v) is 3.65. The van der Waals surface area contributed by atoms with Crippen LogP contribution >= 0.6 is 0 Å². The molecule has 0 aliphatic heterocycles. The quantitative estimate of drug-likeness (QED) is 0.691. The standard InChI is InChI=1S/C13H27N3O/c1-4-15(5-2)13(17)9-12(10-14)16(6-3)11-7-8-11/h11-12H,4-10,14H2,1-3H3. The van der Waals surface area contributed by atoms with Crippen molar-refractivity contribution in [1.29, 1.82) is 0 Å². The lowest BCUT2D eigenvalue weighted by molar-refractivity contribution is -0.132. The van der Waals surface area contributed by atoms with E-state index in [1.54, 1.807) is 0 Å². The Hall–Kier alpha value is -0.610. The van der Waals surface area contributed by atoms with Gasteiger partial charge >= 0.3 is 0 Å². The highest BCUT2D eigenvalue weighted by Gasteiger charge is 2.33. The molecule has 1 amide bonds. The molecule has 1 saturated carbocycles. The van der Waals surface area contributed by atoms with E-state index in [9.17, 15) is 4.79 Å². The maximum absolute atomic E-state index is 12.1. The van der Waals surface area contributed by atoms with Crippen molar-refractivity contribution in [3.8, 4) is 0 Å². The number of amides is 1. The maximum Gasteiger partial charge on any atom is 0.224 e. The normalized spacial score (nSPS) is 17.2. The lowest BCUT2D eigenvalue weighted by Gasteiger charge is -2.31. The van der Waals surface area contributed by atoms with E-state index in [1.807, 2.05) is 18.7 Å². The van der Waals surface area contributed by atoms with Gasteiger partial charge in [-0.15, -0.1) is 0 Å². The fourth-order valence-corrected chi connectivity index (χ4v) is 2.46. The molecule has 0 saturated heterocycles. The molecule has 0 heterocycles. The van der Waals surface area contributed by atoms with Crippen molar-refractivity contribution >= 4 is 5.91 Å². The number of nitrogens with zero attached hydrogens (tertiary/aromatic N) is 2. The predicted molar refractivity (Wildman–Crippen MR) is 70.8 cm³/mol. The summed E-state index contributed by atoms with van der Waals surface area (Å²) in [6.07, 6.45) is 3.11. The molecule has 1 atom stereocenters. The Morgan fingerprint density at radius 2 is 1.82 bits per heavy atom. The van der Waals surface area contributed by atoms with E-state index in [-0.39, 0.29) is 11.9 Å². The Morgan fingerprint density at radius 3 is 2.18 bits per heavy atom. The van der Waals surface area contributed by atoms with Gasteiger partial charge in [-0.1, -0.05) is 6.92 Å². The molecule has 0 spiro atoms. The van der Waals surface area contributed by atoms with Crippen LogP contribution in [0.25, 0.3) is 0 Å². The van der Waals surface area contributed by atoms with E-state index < -0.39 is 0 Å². The minimum Gasteiger partial charge on any atom is -0.343 e. The molecule has 0 radical (unpaired) electrons. The number of hydrogen-bond acceptors (Lipinski definition) is 3. The highest BCUT2D eigenvalue weighted by Crippen LogP contribution is 2.29. The third-order valence-electron chi connectivity index (χ3n) is 3.65. The van der Waals surface area contributed by atoms with Gasteiger partial charge in [0, 0.05) is 38.1 Å². The highest BCUT2D eigenvalue weighted by molar-refractivity contribution is 5.76. The monoisotopic (exact) mass is 241 g/mol. The van der Waals surface area contributed by atoms with Crippen molar-refractivity contribution in [2.45, 2.75) is 52.1 Å². The van der Waals surface area contributed by atoms with E-state index in [0.717, 1.165) is 19.6 Å². The van der Waals surface area contributed by atoms with Crippen LogP contribution < -0.4 is 5.73 Å². The van der Waals surface area contributed by atoms with Crippen LogP contribution in [0.5, 0.6) is 0 Å². The lowest BCUT2D eigenvalue weighted by Crippen LogP contribution is -2.45. The maximum atomic E-state index is 12.1. The summed E-state index contributed by atoms with van der Waals surface area (Å²) in [6, 6.07) is 0.902. The number of carbonyl (C=O) groups is 1. The van der Waals surface area contributed by atoms with Crippen LogP contribution in [-0.4, -0.2) is 54.0 Å². The molecule has 100 valence electrons. The van der Waals surface area contributed by atoms with Gasteiger partial charge in [0.1, 0.15) is 0 Å². The zero-order valence-corrected chi connectivity index (χ0v) is 11.5. The fraction of sp³-hybridized carbons (Fsp3) is 0.923. The summed E-state index contributed by atoms with van der Waals surface area (Å²) < 4.78 is 0. The van der Waals surface area contributed by atoms with Gasteiger partial charge < -0.3 is 10.6 Å². The fourth-order valence-electron chi connectivity index (χ4n) is 2.46. The Labute approximate surface area is 105 Å². The molecule has 17 heavy (non-hydrogen) atoms.